The minimum Gasteiger partial charge on any atom is -0.494 e. The summed E-state index contributed by atoms with van der Waals surface area (Å²) in [6, 6.07) is 6.12. The summed E-state index contributed by atoms with van der Waals surface area (Å²) in [5.74, 6) is 2.61. The van der Waals surface area contributed by atoms with Crippen LogP contribution in [0.5, 0.6) is 5.75 Å². The van der Waals surface area contributed by atoms with Crippen LogP contribution in [-0.2, 0) is 6.54 Å². The van der Waals surface area contributed by atoms with Crippen LogP contribution in [0.25, 0.3) is 11.0 Å². The molecule has 1 aromatic carbocycles. The monoisotopic (exact) mass is 304 g/mol. The number of aromatic nitrogens is 2. The average molecular weight is 304 g/mol. The minimum absolute atomic E-state index is 0.804. The molecule has 2 atom stereocenters. The molecule has 3 rings (SSSR count). The topological polar surface area (TPSA) is 29.9 Å². The molecular formula is C17H24N2OS. The molecule has 1 aromatic heterocycles. The molecule has 1 fully saturated rings. The quantitative estimate of drug-likeness (QED) is 0.812. The van der Waals surface area contributed by atoms with E-state index in [4.69, 9.17) is 17.0 Å². The normalized spacial score (nSPS) is 22.6. The van der Waals surface area contributed by atoms with E-state index in [-0.39, 0.29) is 0 Å². The van der Waals surface area contributed by atoms with E-state index >= 15 is 0 Å². The van der Waals surface area contributed by atoms with Crippen LogP contribution in [-0.4, -0.2) is 16.7 Å². The first-order valence-electron chi connectivity index (χ1n) is 7.94. The fourth-order valence-electron chi connectivity index (χ4n) is 3.68. The molecule has 1 heterocycles. The molecule has 1 aliphatic carbocycles. The predicted octanol–water partition coefficient (Wildman–Crippen LogP) is 4.92. The van der Waals surface area contributed by atoms with E-state index in [0.29, 0.717) is 0 Å². The number of imidazole rings is 1. The van der Waals surface area contributed by atoms with Crippen molar-refractivity contribution < 1.29 is 4.74 Å². The Hall–Kier alpha value is -1.29. The van der Waals surface area contributed by atoms with Gasteiger partial charge in [-0.25, -0.2) is 0 Å². The van der Waals surface area contributed by atoms with Crippen molar-refractivity contribution in [2.75, 3.05) is 7.11 Å². The van der Waals surface area contributed by atoms with Crippen LogP contribution in [0.4, 0.5) is 0 Å². The van der Waals surface area contributed by atoms with Gasteiger partial charge in [0.2, 0.25) is 0 Å². The fraction of sp³-hybridized carbons (Fsp3) is 0.588. The summed E-state index contributed by atoms with van der Waals surface area (Å²) < 4.78 is 8.45. The lowest BCUT2D eigenvalue weighted by atomic mass is 9.81. The summed E-state index contributed by atoms with van der Waals surface area (Å²) in [5.41, 5.74) is 2.17. The number of nitrogens with zero attached hydrogens (tertiary/aromatic N) is 1. The van der Waals surface area contributed by atoms with E-state index in [1.807, 2.05) is 12.1 Å². The summed E-state index contributed by atoms with van der Waals surface area (Å²) in [7, 11) is 1.70. The first kappa shape index (κ1) is 14.6. The molecule has 3 nitrogen and oxygen atoms in total. The van der Waals surface area contributed by atoms with Gasteiger partial charge in [-0.3, -0.25) is 0 Å². The number of rotatable bonds is 4. The highest BCUT2D eigenvalue weighted by Crippen LogP contribution is 2.32. The molecule has 0 aliphatic heterocycles. The number of nitrogens with one attached hydrogen (secondary N) is 1. The molecule has 0 saturated heterocycles. The SMILES string of the molecule is COc1cccc2c1[nH]c(=S)n2CCC1CCCC(C)C1. The maximum absolute atomic E-state index is 5.50. The van der Waals surface area contributed by atoms with Gasteiger partial charge < -0.3 is 14.3 Å². The number of methoxy groups -OCH3 is 1. The number of aromatic amines is 1. The van der Waals surface area contributed by atoms with E-state index in [1.54, 1.807) is 7.11 Å². The van der Waals surface area contributed by atoms with Gasteiger partial charge in [-0.15, -0.1) is 0 Å². The van der Waals surface area contributed by atoms with Gasteiger partial charge in [0.1, 0.15) is 11.3 Å². The van der Waals surface area contributed by atoms with Crippen LogP contribution >= 0.6 is 12.2 Å². The van der Waals surface area contributed by atoms with E-state index in [1.165, 1.54) is 32.1 Å². The number of ether oxygens (including phenoxy) is 1. The van der Waals surface area contributed by atoms with Gasteiger partial charge in [0.05, 0.1) is 12.6 Å². The molecule has 0 bridgehead atoms. The minimum atomic E-state index is 0.804. The van der Waals surface area contributed by atoms with Crippen molar-refractivity contribution in [3.05, 3.63) is 23.0 Å². The number of H-pyrrole nitrogens is 1. The number of fused-ring (bicyclic) bond motifs is 1. The van der Waals surface area contributed by atoms with Gasteiger partial charge in [-0.2, -0.15) is 0 Å². The molecule has 1 aliphatic rings. The van der Waals surface area contributed by atoms with Crippen molar-refractivity contribution in [2.45, 2.75) is 45.6 Å². The number of aryl methyl sites for hydroxylation is 1. The van der Waals surface area contributed by atoms with Crippen molar-refractivity contribution in [1.29, 1.82) is 0 Å². The summed E-state index contributed by atoms with van der Waals surface area (Å²) in [6.45, 7) is 3.39. The number of benzene rings is 1. The number of hydrogen-bond acceptors (Lipinski definition) is 2. The predicted molar refractivity (Wildman–Crippen MR) is 89.4 cm³/mol. The van der Waals surface area contributed by atoms with Gasteiger partial charge >= 0.3 is 0 Å². The lowest BCUT2D eigenvalue weighted by molar-refractivity contribution is 0.261. The smallest absolute Gasteiger partial charge is 0.178 e. The third-order valence-electron chi connectivity index (χ3n) is 4.80. The number of para-hydroxylation sites is 1. The highest BCUT2D eigenvalue weighted by atomic mass is 32.1. The van der Waals surface area contributed by atoms with Gasteiger partial charge in [-0.1, -0.05) is 32.3 Å². The zero-order chi connectivity index (χ0) is 14.8. The van der Waals surface area contributed by atoms with Crippen LogP contribution in [0, 0.1) is 16.6 Å². The van der Waals surface area contributed by atoms with Gasteiger partial charge in [0.25, 0.3) is 0 Å². The average Bonchev–Trinajstić information content (AvgIpc) is 2.80. The largest absolute Gasteiger partial charge is 0.494 e. The molecule has 2 unspecified atom stereocenters. The molecule has 1 N–H and O–H groups in total. The standard InChI is InChI=1S/C17H24N2OS/c1-12-5-3-6-13(11-12)9-10-19-14-7-4-8-15(20-2)16(14)18-17(19)21/h4,7-8,12-13H,3,5-6,9-11H2,1-2H3,(H,18,21). The Morgan fingerprint density at radius 2 is 2.24 bits per heavy atom. The highest BCUT2D eigenvalue weighted by Gasteiger charge is 2.19. The zero-order valence-electron chi connectivity index (χ0n) is 12.9. The third-order valence-corrected chi connectivity index (χ3v) is 5.12. The maximum atomic E-state index is 5.50. The summed E-state index contributed by atoms with van der Waals surface area (Å²) in [4.78, 5) is 3.30. The van der Waals surface area contributed by atoms with E-state index in [0.717, 1.165) is 39.9 Å². The Bertz CT molecular complexity index is 673. The molecule has 0 amide bonds. The highest BCUT2D eigenvalue weighted by molar-refractivity contribution is 7.71. The summed E-state index contributed by atoms with van der Waals surface area (Å²) in [6.07, 6.45) is 6.77. The first-order chi connectivity index (χ1) is 10.2. The second kappa shape index (κ2) is 6.22. The molecular weight excluding hydrogens is 280 g/mol. The second-order valence-corrected chi connectivity index (χ2v) is 6.75. The summed E-state index contributed by atoms with van der Waals surface area (Å²) in [5, 5.41) is 0. The van der Waals surface area contributed by atoms with E-state index in [2.05, 4.69) is 22.5 Å². The lowest BCUT2D eigenvalue weighted by Gasteiger charge is -2.26. The van der Waals surface area contributed by atoms with Crippen LogP contribution in [0.2, 0.25) is 0 Å². The van der Waals surface area contributed by atoms with Crippen LogP contribution in [0.3, 0.4) is 0 Å². The van der Waals surface area contributed by atoms with Gasteiger partial charge in [-0.05, 0) is 49.0 Å². The molecule has 0 radical (unpaired) electrons. The molecule has 21 heavy (non-hydrogen) atoms. The summed E-state index contributed by atoms with van der Waals surface area (Å²) >= 11 is 5.50. The Morgan fingerprint density at radius 3 is 3.00 bits per heavy atom. The van der Waals surface area contributed by atoms with Gasteiger partial charge in [0, 0.05) is 6.54 Å². The maximum Gasteiger partial charge on any atom is 0.178 e. The van der Waals surface area contributed by atoms with Crippen molar-refractivity contribution in [2.24, 2.45) is 11.8 Å². The van der Waals surface area contributed by atoms with Gasteiger partial charge in [0.15, 0.2) is 4.77 Å². The van der Waals surface area contributed by atoms with Crippen molar-refractivity contribution in [3.8, 4) is 5.75 Å². The molecule has 2 aromatic rings. The Morgan fingerprint density at radius 1 is 1.38 bits per heavy atom. The Balaban J connectivity index is 1.81. The van der Waals surface area contributed by atoms with E-state index < -0.39 is 0 Å². The number of hydrogen-bond donors (Lipinski definition) is 1. The lowest BCUT2D eigenvalue weighted by Crippen LogP contribution is -2.15. The zero-order valence-corrected chi connectivity index (χ0v) is 13.7. The second-order valence-electron chi connectivity index (χ2n) is 6.36. The molecule has 0 spiro atoms. The first-order valence-corrected chi connectivity index (χ1v) is 8.35. The molecule has 1 saturated carbocycles. The third kappa shape index (κ3) is 3.00. The molecule has 114 valence electrons. The molecule has 4 heteroatoms. The van der Waals surface area contributed by atoms with Crippen LogP contribution < -0.4 is 4.74 Å². The van der Waals surface area contributed by atoms with Crippen LogP contribution in [0.15, 0.2) is 18.2 Å². The fourth-order valence-corrected chi connectivity index (χ4v) is 3.97. The van der Waals surface area contributed by atoms with E-state index in [9.17, 15) is 0 Å². The van der Waals surface area contributed by atoms with Crippen molar-refractivity contribution in [3.63, 3.8) is 0 Å². The van der Waals surface area contributed by atoms with Crippen LogP contribution in [0.1, 0.15) is 39.0 Å². The van der Waals surface area contributed by atoms with Crippen molar-refractivity contribution >= 4 is 23.3 Å². The van der Waals surface area contributed by atoms with Crippen molar-refractivity contribution in [1.82, 2.24) is 9.55 Å². The Labute approximate surface area is 131 Å². The Kier molecular flexibility index (Phi) is 4.34.